The highest BCUT2D eigenvalue weighted by molar-refractivity contribution is 7.89. The molecule has 0 bridgehead atoms. The van der Waals surface area contributed by atoms with E-state index in [0.29, 0.717) is 17.3 Å². The standard InChI is InChI=1S/C17H22N2O4S2/c20-25(21,16-5-12-24-14-16)18-13-15-3-1-2-4-17(15)23-11-8-19-6-9-22-10-7-19/h1-5,12,14,18H,6-11,13H2. The van der Waals surface area contributed by atoms with Crippen LogP contribution in [0.3, 0.4) is 0 Å². The van der Waals surface area contributed by atoms with Crippen molar-refractivity contribution in [3.63, 3.8) is 0 Å². The van der Waals surface area contributed by atoms with Gasteiger partial charge in [0.25, 0.3) is 0 Å². The zero-order valence-corrected chi connectivity index (χ0v) is 15.5. The number of benzene rings is 1. The summed E-state index contributed by atoms with van der Waals surface area (Å²) in [6.45, 7) is 4.97. The van der Waals surface area contributed by atoms with Gasteiger partial charge in [-0.25, -0.2) is 13.1 Å². The van der Waals surface area contributed by atoms with E-state index in [0.717, 1.165) is 38.4 Å². The monoisotopic (exact) mass is 382 g/mol. The van der Waals surface area contributed by atoms with Crippen molar-refractivity contribution < 1.29 is 17.9 Å². The van der Waals surface area contributed by atoms with Crippen molar-refractivity contribution in [3.8, 4) is 5.75 Å². The molecule has 1 fully saturated rings. The smallest absolute Gasteiger partial charge is 0.241 e. The lowest BCUT2D eigenvalue weighted by Crippen LogP contribution is -2.38. The second-order valence-corrected chi connectivity index (χ2v) is 8.24. The number of thiophene rings is 1. The third kappa shape index (κ3) is 5.26. The van der Waals surface area contributed by atoms with Crippen molar-refractivity contribution in [2.45, 2.75) is 11.4 Å². The number of sulfonamides is 1. The molecular weight excluding hydrogens is 360 g/mol. The molecule has 136 valence electrons. The van der Waals surface area contributed by atoms with Crippen LogP contribution < -0.4 is 9.46 Å². The number of rotatable bonds is 8. The average Bonchev–Trinajstić information content (AvgIpc) is 3.18. The van der Waals surface area contributed by atoms with Crippen LogP contribution in [0.4, 0.5) is 0 Å². The van der Waals surface area contributed by atoms with E-state index < -0.39 is 10.0 Å². The van der Waals surface area contributed by atoms with Gasteiger partial charge in [0.1, 0.15) is 12.4 Å². The molecule has 1 aromatic carbocycles. The summed E-state index contributed by atoms with van der Waals surface area (Å²) < 4.78 is 38.3. The minimum absolute atomic E-state index is 0.200. The molecule has 1 saturated heterocycles. The molecule has 0 aliphatic carbocycles. The first-order chi connectivity index (χ1) is 12.1. The van der Waals surface area contributed by atoms with Crippen LogP contribution in [0, 0.1) is 0 Å². The molecule has 0 amide bonds. The lowest BCUT2D eigenvalue weighted by Gasteiger charge is -2.26. The number of hydrogen-bond acceptors (Lipinski definition) is 6. The van der Waals surface area contributed by atoms with E-state index in [4.69, 9.17) is 9.47 Å². The zero-order valence-electron chi connectivity index (χ0n) is 13.9. The third-order valence-corrected chi connectivity index (χ3v) is 6.23. The first-order valence-corrected chi connectivity index (χ1v) is 10.6. The molecule has 1 aliphatic heterocycles. The van der Waals surface area contributed by atoms with Gasteiger partial charge in [-0.05, 0) is 17.5 Å². The second kappa shape index (κ2) is 8.77. The summed E-state index contributed by atoms with van der Waals surface area (Å²) in [6, 6.07) is 9.11. The summed E-state index contributed by atoms with van der Waals surface area (Å²) in [7, 11) is -3.49. The maximum atomic E-state index is 12.2. The number of nitrogens with zero attached hydrogens (tertiary/aromatic N) is 1. The van der Waals surface area contributed by atoms with E-state index in [1.807, 2.05) is 24.3 Å². The number of ether oxygens (including phenoxy) is 2. The number of morpholine rings is 1. The predicted molar refractivity (Wildman–Crippen MR) is 97.5 cm³/mol. The van der Waals surface area contributed by atoms with Crippen molar-refractivity contribution >= 4 is 21.4 Å². The fraction of sp³-hybridized carbons (Fsp3) is 0.412. The molecule has 2 aromatic rings. The van der Waals surface area contributed by atoms with Gasteiger partial charge in [0.2, 0.25) is 10.0 Å². The summed E-state index contributed by atoms with van der Waals surface area (Å²) in [5, 5.41) is 3.37. The predicted octanol–water partition coefficient (Wildman–Crippen LogP) is 1.94. The van der Waals surface area contributed by atoms with E-state index in [2.05, 4.69) is 9.62 Å². The highest BCUT2D eigenvalue weighted by atomic mass is 32.2. The van der Waals surface area contributed by atoms with Crippen LogP contribution in [-0.2, 0) is 21.3 Å². The van der Waals surface area contributed by atoms with E-state index in [1.165, 1.54) is 11.3 Å². The summed E-state index contributed by atoms with van der Waals surface area (Å²) in [6.07, 6.45) is 0. The maximum Gasteiger partial charge on any atom is 0.241 e. The molecule has 8 heteroatoms. The van der Waals surface area contributed by atoms with Crippen molar-refractivity contribution in [1.82, 2.24) is 9.62 Å². The zero-order chi connectivity index (χ0) is 17.5. The molecular formula is C17H22N2O4S2. The Morgan fingerprint density at radius 3 is 2.76 bits per heavy atom. The lowest BCUT2D eigenvalue weighted by molar-refractivity contribution is 0.0322. The Balaban J connectivity index is 1.55. The van der Waals surface area contributed by atoms with E-state index >= 15 is 0 Å². The van der Waals surface area contributed by atoms with Crippen LogP contribution in [0.5, 0.6) is 5.75 Å². The number of hydrogen-bond donors (Lipinski definition) is 1. The van der Waals surface area contributed by atoms with E-state index in [9.17, 15) is 8.42 Å². The Bertz CT molecular complexity index is 757. The highest BCUT2D eigenvalue weighted by Gasteiger charge is 2.15. The molecule has 0 unspecified atom stereocenters. The fourth-order valence-electron chi connectivity index (χ4n) is 2.56. The maximum absolute atomic E-state index is 12.2. The lowest BCUT2D eigenvalue weighted by atomic mass is 10.2. The summed E-state index contributed by atoms with van der Waals surface area (Å²) in [5.41, 5.74) is 0.822. The topological polar surface area (TPSA) is 67.9 Å². The van der Waals surface area contributed by atoms with Crippen LogP contribution >= 0.6 is 11.3 Å². The van der Waals surface area contributed by atoms with Gasteiger partial charge in [-0.15, -0.1) is 0 Å². The van der Waals surface area contributed by atoms with Crippen molar-refractivity contribution in [2.75, 3.05) is 39.5 Å². The van der Waals surface area contributed by atoms with Crippen LogP contribution in [-0.4, -0.2) is 52.8 Å². The summed E-state index contributed by atoms with van der Waals surface area (Å²) >= 11 is 1.36. The molecule has 0 spiro atoms. The molecule has 0 saturated carbocycles. The van der Waals surface area contributed by atoms with E-state index in [1.54, 1.807) is 16.8 Å². The van der Waals surface area contributed by atoms with Crippen molar-refractivity contribution in [2.24, 2.45) is 0 Å². The molecule has 6 nitrogen and oxygen atoms in total. The Labute approximate surface area is 152 Å². The van der Waals surface area contributed by atoms with Gasteiger partial charge >= 0.3 is 0 Å². The van der Waals surface area contributed by atoms with Gasteiger partial charge in [0.15, 0.2) is 0 Å². The van der Waals surface area contributed by atoms with Crippen molar-refractivity contribution in [3.05, 3.63) is 46.7 Å². The average molecular weight is 383 g/mol. The summed E-state index contributed by atoms with van der Waals surface area (Å²) in [4.78, 5) is 2.59. The van der Waals surface area contributed by atoms with Crippen molar-refractivity contribution in [1.29, 1.82) is 0 Å². The van der Waals surface area contributed by atoms with Crippen LogP contribution in [0.1, 0.15) is 5.56 Å². The number of para-hydroxylation sites is 1. The molecule has 1 aromatic heterocycles. The highest BCUT2D eigenvalue weighted by Crippen LogP contribution is 2.19. The molecule has 1 aliphatic rings. The molecule has 2 heterocycles. The van der Waals surface area contributed by atoms with Crippen LogP contribution in [0.2, 0.25) is 0 Å². The SMILES string of the molecule is O=S(=O)(NCc1ccccc1OCCN1CCOCC1)c1ccsc1. The first-order valence-electron chi connectivity index (χ1n) is 8.18. The van der Waals surface area contributed by atoms with Crippen LogP contribution in [0.25, 0.3) is 0 Å². The molecule has 25 heavy (non-hydrogen) atoms. The van der Waals surface area contributed by atoms with Gasteiger partial charge in [-0.2, -0.15) is 11.3 Å². The molecule has 0 atom stereocenters. The fourth-order valence-corrected chi connectivity index (χ4v) is 4.60. The minimum Gasteiger partial charge on any atom is -0.492 e. The Hall–Kier alpha value is -1.45. The Morgan fingerprint density at radius 2 is 2.00 bits per heavy atom. The minimum atomic E-state index is -3.49. The first kappa shape index (κ1) is 18.3. The normalized spacial score (nSPS) is 16.0. The van der Waals surface area contributed by atoms with Gasteiger partial charge in [0, 0.05) is 37.1 Å². The van der Waals surface area contributed by atoms with Crippen LogP contribution in [0.15, 0.2) is 46.0 Å². The Kier molecular flexibility index (Phi) is 6.44. The molecule has 3 rings (SSSR count). The van der Waals surface area contributed by atoms with E-state index in [-0.39, 0.29) is 6.54 Å². The molecule has 1 N–H and O–H groups in total. The van der Waals surface area contributed by atoms with Gasteiger partial charge in [-0.3, -0.25) is 4.90 Å². The third-order valence-electron chi connectivity index (χ3n) is 4.00. The van der Waals surface area contributed by atoms with Gasteiger partial charge < -0.3 is 9.47 Å². The largest absolute Gasteiger partial charge is 0.492 e. The van der Waals surface area contributed by atoms with Gasteiger partial charge in [-0.1, -0.05) is 18.2 Å². The Morgan fingerprint density at radius 1 is 1.20 bits per heavy atom. The second-order valence-electron chi connectivity index (χ2n) is 5.69. The van der Waals surface area contributed by atoms with Gasteiger partial charge in [0.05, 0.1) is 18.1 Å². The summed E-state index contributed by atoms with van der Waals surface area (Å²) in [5.74, 6) is 0.712. The quantitative estimate of drug-likeness (QED) is 0.756. The number of nitrogens with one attached hydrogen (secondary N) is 1. The molecule has 0 radical (unpaired) electrons.